The van der Waals surface area contributed by atoms with Gasteiger partial charge in [0.2, 0.25) is 0 Å². The van der Waals surface area contributed by atoms with Crippen LogP contribution in [0.1, 0.15) is 16.9 Å². The van der Waals surface area contributed by atoms with Crippen LogP contribution in [0.5, 0.6) is 0 Å². The lowest BCUT2D eigenvalue weighted by atomic mass is 9.85. The number of hydrogen-bond acceptors (Lipinski definition) is 5. The number of nitrogens with one attached hydrogen (secondary N) is 2. The van der Waals surface area contributed by atoms with Crippen molar-refractivity contribution in [3.05, 3.63) is 24.3 Å². The molecule has 2 saturated heterocycles. The van der Waals surface area contributed by atoms with E-state index in [4.69, 9.17) is 4.74 Å². The molecule has 0 aliphatic carbocycles. The number of fused-ring (bicyclic) bond motifs is 1. The van der Waals surface area contributed by atoms with Gasteiger partial charge in [0.1, 0.15) is 5.69 Å². The highest BCUT2D eigenvalue weighted by Crippen LogP contribution is 2.31. The molecule has 0 bridgehead atoms. The van der Waals surface area contributed by atoms with Crippen molar-refractivity contribution in [3.8, 4) is 0 Å². The molecule has 102 valence electrons. The van der Waals surface area contributed by atoms with Gasteiger partial charge in [0.05, 0.1) is 18.9 Å². The Morgan fingerprint density at radius 2 is 2.47 bits per heavy atom. The monoisotopic (exact) mass is 262 g/mol. The van der Waals surface area contributed by atoms with Crippen LogP contribution in [0.4, 0.5) is 0 Å². The summed E-state index contributed by atoms with van der Waals surface area (Å²) in [7, 11) is 0. The molecule has 1 amide bonds. The van der Waals surface area contributed by atoms with Gasteiger partial charge in [0, 0.05) is 31.4 Å². The van der Waals surface area contributed by atoms with E-state index in [-0.39, 0.29) is 12.0 Å². The van der Waals surface area contributed by atoms with Crippen LogP contribution in [0.3, 0.4) is 0 Å². The highest BCUT2D eigenvalue weighted by molar-refractivity contribution is 5.91. The molecule has 6 nitrogen and oxygen atoms in total. The number of rotatable bonds is 3. The Labute approximate surface area is 112 Å². The second-order valence-corrected chi connectivity index (χ2v) is 5.09. The van der Waals surface area contributed by atoms with Gasteiger partial charge >= 0.3 is 0 Å². The number of carbonyl (C=O) groups is 1. The summed E-state index contributed by atoms with van der Waals surface area (Å²) in [6.07, 6.45) is 5.79. The Kier molecular flexibility index (Phi) is 3.70. The molecule has 2 fully saturated rings. The van der Waals surface area contributed by atoms with E-state index >= 15 is 0 Å². The molecule has 0 saturated carbocycles. The Balaban J connectivity index is 1.54. The quantitative estimate of drug-likeness (QED) is 0.791. The maximum Gasteiger partial charge on any atom is 0.271 e. The molecular formula is C13H18N4O2. The van der Waals surface area contributed by atoms with Gasteiger partial charge in [-0.1, -0.05) is 0 Å². The van der Waals surface area contributed by atoms with Gasteiger partial charge in [-0.15, -0.1) is 0 Å². The molecule has 2 N–H and O–H groups in total. The second-order valence-electron chi connectivity index (χ2n) is 5.09. The minimum absolute atomic E-state index is 0.132. The average Bonchev–Trinajstić information content (AvgIpc) is 2.89. The van der Waals surface area contributed by atoms with Crippen LogP contribution < -0.4 is 10.6 Å². The Hall–Kier alpha value is -1.53. The summed E-state index contributed by atoms with van der Waals surface area (Å²) in [6.45, 7) is 3.42. The predicted octanol–water partition coefficient (Wildman–Crippen LogP) is -0.169. The summed E-state index contributed by atoms with van der Waals surface area (Å²) in [6, 6.07) is 0. The van der Waals surface area contributed by atoms with Crippen LogP contribution in [-0.4, -0.2) is 48.2 Å². The molecule has 0 unspecified atom stereocenters. The number of carbonyl (C=O) groups excluding carboxylic acids is 1. The van der Waals surface area contributed by atoms with Crippen molar-refractivity contribution in [2.24, 2.45) is 11.8 Å². The van der Waals surface area contributed by atoms with Gasteiger partial charge in [-0.2, -0.15) is 0 Å². The van der Waals surface area contributed by atoms with E-state index in [1.165, 1.54) is 12.4 Å². The van der Waals surface area contributed by atoms with Gasteiger partial charge < -0.3 is 15.4 Å². The number of ether oxygens (including phenoxy) is 1. The van der Waals surface area contributed by atoms with Crippen molar-refractivity contribution < 1.29 is 9.53 Å². The van der Waals surface area contributed by atoms with Crippen molar-refractivity contribution in [3.63, 3.8) is 0 Å². The first-order valence-corrected chi connectivity index (χ1v) is 6.71. The van der Waals surface area contributed by atoms with Crippen molar-refractivity contribution >= 4 is 5.91 Å². The van der Waals surface area contributed by atoms with Crippen LogP contribution in [0.15, 0.2) is 18.6 Å². The van der Waals surface area contributed by atoms with E-state index in [1.54, 1.807) is 6.20 Å². The number of aromatic nitrogens is 2. The third-order valence-electron chi connectivity index (χ3n) is 3.93. The standard InChI is InChI=1S/C13H18N4O2/c18-13(11-6-15-3-4-16-11)17-7-12-10-1-2-14-5-9(10)8-19-12/h3-4,6,9-10,12,14H,1-2,5,7-8H2,(H,17,18)/t9-,10-,12+/m0/s1. The Bertz CT molecular complexity index is 440. The molecule has 0 aromatic carbocycles. The molecule has 2 aliphatic rings. The molecule has 1 aromatic rings. The zero-order valence-electron chi connectivity index (χ0n) is 10.7. The summed E-state index contributed by atoms with van der Waals surface area (Å²) >= 11 is 0. The fourth-order valence-corrected chi connectivity index (χ4v) is 2.90. The normalized spacial score (nSPS) is 29.8. The number of piperidine rings is 1. The lowest BCUT2D eigenvalue weighted by Crippen LogP contribution is -2.41. The predicted molar refractivity (Wildman–Crippen MR) is 68.6 cm³/mol. The van der Waals surface area contributed by atoms with Crippen molar-refractivity contribution in [2.75, 3.05) is 26.2 Å². The van der Waals surface area contributed by atoms with Gasteiger partial charge in [0.15, 0.2) is 0 Å². The van der Waals surface area contributed by atoms with Crippen LogP contribution in [-0.2, 0) is 4.74 Å². The van der Waals surface area contributed by atoms with Gasteiger partial charge in [0.25, 0.3) is 5.91 Å². The molecule has 3 atom stereocenters. The van der Waals surface area contributed by atoms with E-state index in [1.807, 2.05) is 0 Å². The molecule has 6 heteroatoms. The van der Waals surface area contributed by atoms with Crippen molar-refractivity contribution in [1.29, 1.82) is 0 Å². The topological polar surface area (TPSA) is 76.1 Å². The first kappa shape index (κ1) is 12.5. The summed E-state index contributed by atoms with van der Waals surface area (Å²) < 4.78 is 5.80. The highest BCUT2D eigenvalue weighted by atomic mass is 16.5. The zero-order valence-corrected chi connectivity index (χ0v) is 10.7. The van der Waals surface area contributed by atoms with Crippen LogP contribution in [0, 0.1) is 11.8 Å². The first-order chi connectivity index (χ1) is 9.34. The minimum atomic E-state index is -0.186. The number of hydrogen-bond donors (Lipinski definition) is 2. The smallest absolute Gasteiger partial charge is 0.271 e. The lowest BCUT2D eigenvalue weighted by Gasteiger charge is -2.27. The molecule has 3 heterocycles. The third-order valence-corrected chi connectivity index (χ3v) is 3.93. The summed E-state index contributed by atoms with van der Waals surface area (Å²) in [5.41, 5.74) is 0.349. The van der Waals surface area contributed by atoms with Gasteiger partial charge in [-0.25, -0.2) is 4.98 Å². The fourth-order valence-electron chi connectivity index (χ4n) is 2.90. The second kappa shape index (κ2) is 5.63. The molecular weight excluding hydrogens is 244 g/mol. The van der Waals surface area contributed by atoms with Crippen LogP contribution in [0.2, 0.25) is 0 Å². The largest absolute Gasteiger partial charge is 0.376 e. The van der Waals surface area contributed by atoms with E-state index in [0.29, 0.717) is 24.1 Å². The molecule has 0 radical (unpaired) electrons. The van der Waals surface area contributed by atoms with Crippen molar-refractivity contribution in [1.82, 2.24) is 20.6 Å². The third kappa shape index (κ3) is 2.74. The summed E-state index contributed by atoms with van der Waals surface area (Å²) in [4.78, 5) is 19.7. The number of amides is 1. The zero-order chi connectivity index (χ0) is 13.1. The van der Waals surface area contributed by atoms with Crippen LogP contribution in [0.25, 0.3) is 0 Å². The molecule has 0 spiro atoms. The summed E-state index contributed by atoms with van der Waals surface area (Å²) in [5.74, 6) is 0.963. The van der Waals surface area contributed by atoms with Crippen molar-refractivity contribution in [2.45, 2.75) is 12.5 Å². The fraction of sp³-hybridized carbons (Fsp3) is 0.615. The SMILES string of the molecule is O=C(NC[C@H]1OC[C@@H]2CNCC[C@@H]21)c1cnccn1. The summed E-state index contributed by atoms with van der Waals surface area (Å²) in [5, 5.41) is 6.27. The van der Waals surface area contributed by atoms with Gasteiger partial charge in [-0.3, -0.25) is 9.78 Å². The van der Waals surface area contributed by atoms with Crippen LogP contribution >= 0.6 is 0 Å². The molecule has 3 rings (SSSR count). The minimum Gasteiger partial charge on any atom is -0.376 e. The Morgan fingerprint density at radius 3 is 3.32 bits per heavy atom. The molecule has 2 aliphatic heterocycles. The first-order valence-electron chi connectivity index (χ1n) is 6.71. The van der Waals surface area contributed by atoms with E-state index < -0.39 is 0 Å². The number of nitrogens with zero attached hydrogens (tertiary/aromatic N) is 2. The average molecular weight is 262 g/mol. The van der Waals surface area contributed by atoms with E-state index in [2.05, 4.69) is 20.6 Å². The maximum atomic E-state index is 11.9. The lowest BCUT2D eigenvalue weighted by molar-refractivity contribution is 0.0764. The Morgan fingerprint density at radius 1 is 1.53 bits per heavy atom. The molecule has 19 heavy (non-hydrogen) atoms. The maximum absolute atomic E-state index is 11.9. The van der Waals surface area contributed by atoms with E-state index in [9.17, 15) is 4.79 Å². The van der Waals surface area contributed by atoms with E-state index in [0.717, 1.165) is 26.1 Å². The van der Waals surface area contributed by atoms with Gasteiger partial charge in [-0.05, 0) is 18.9 Å². The highest BCUT2D eigenvalue weighted by Gasteiger charge is 2.38. The molecule has 1 aromatic heterocycles.